The summed E-state index contributed by atoms with van der Waals surface area (Å²) in [4.78, 5) is 7.96. The fourth-order valence-electron chi connectivity index (χ4n) is 2.04. The molecule has 0 bridgehead atoms. The molecule has 0 amide bonds. The van der Waals surface area contributed by atoms with Crippen molar-refractivity contribution in [3.05, 3.63) is 47.8 Å². The van der Waals surface area contributed by atoms with Crippen LogP contribution in [0.3, 0.4) is 0 Å². The van der Waals surface area contributed by atoms with Gasteiger partial charge in [-0.25, -0.2) is 4.98 Å². The van der Waals surface area contributed by atoms with Crippen LogP contribution in [0.5, 0.6) is 0 Å². The molecule has 0 N–H and O–H groups in total. The molecule has 0 atom stereocenters. The molecule has 4 nitrogen and oxygen atoms in total. The normalized spacial score (nSPS) is 11.8. The van der Waals surface area contributed by atoms with Crippen molar-refractivity contribution in [2.75, 3.05) is 0 Å². The Kier molecular flexibility index (Phi) is 3.04. The Morgan fingerprint density at radius 3 is 2.67 bits per heavy atom. The van der Waals surface area contributed by atoms with E-state index in [0.29, 0.717) is 5.65 Å². The van der Waals surface area contributed by atoms with E-state index in [1.807, 2.05) is 6.92 Å². The van der Waals surface area contributed by atoms with Gasteiger partial charge in [-0.15, -0.1) is 5.10 Å². The maximum absolute atomic E-state index is 13.0. The lowest BCUT2D eigenvalue weighted by atomic mass is 10.1. The minimum absolute atomic E-state index is 0.121. The van der Waals surface area contributed by atoms with Crippen LogP contribution in [0, 0.1) is 6.92 Å². The first-order valence-electron chi connectivity index (χ1n) is 6.08. The van der Waals surface area contributed by atoms with Gasteiger partial charge < -0.3 is 0 Å². The topological polar surface area (TPSA) is 51.6 Å². The smallest absolute Gasteiger partial charge is 0.254 e. The molecule has 3 aromatic rings. The quantitative estimate of drug-likeness (QED) is 0.689. The average molecular weight is 290 g/mol. The van der Waals surface area contributed by atoms with E-state index in [1.54, 1.807) is 12.3 Å². The van der Waals surface area contributed by atoms with Crippen molar-refractivity contribution in [2.45, 2.75) is 13.1 Å². The number of fused-ring (bicyclic) bond motifs is 1. The summed E-state index contributed by atoms with van der Waals surface area (Å²) in [5.74, 6) is 0. The van der Waals surface area contributed by atoms with Crippen LogP contribution in [0.25, 0.3) is 22.4 Å². The molecule has 0 unspecified atom stereocenters. The maximum atomic E-state index is 13.0. The standard InChI is InChI=1S/C14H9F3N4/c1-8-7-19-21-13-9(8)4-5-11(20-13)12-10(14(15,16)17)3-2-6-18-12/h2-7H,1H3. The van der Waals surface area contributed by atoms with Gasteiger partial charge in [-0.1, -0.05) is 0 Å². The minimum atomic E-state index is -4.49. The number of aryl methyl sites for hydroxylation is 1. The Balaban J connectivity index is 2.22. The van der Waals surface area contributed by atoms with Gasteiger partial charge >= 0.3 is 6.18 Å². The first-order chi connectivity index (χ1) is 9.97. The SMILES string of the molecule is Cc1cnnc2nc(-c3ncccc3C(F)(F)F)ccc12. The number of hydrogen-bond donors (Lipinski definition) is 0. The van der Waals surface area contributed by atoms with Gasteiger partial charge in [-0.2, -0.15) is 18.3 Å². The third kappa shape index (κ3) is 2.42. The van der Waals surface area contributed by atoms with Crippen LogP contribution >= 0.6 is 0 Å². The Morgan fingerprint density at radius 2 is 1.90 bits per heavy atom. The van der Waals surface area contributed by atoms with Crippen molar-refractivity contribution in [3.63, 3.8) is 0 Å². The minimum Gasteiger partial charge on any atom is -0.254 e. The number of halogens is 3. The molecular formula is C14H9F3N4. The van der Waals surface area contributed by atoms with Gasteiger partial charge in [0.1, 0.15) is 5.69 Å². The van der Waals surface area contributed by atoms with Crippen molar-refractivity contribution >= 4 is 11.0 Å². The van der Waals surface area contributed by atoms with E-state index in [-0.39, 0.29) is 11.4 Å². The predicted octanol–water partition coefficient (Wildman–Crippen LogP) is 3.41. The van der Waals surface area contributed by atoms with E-state index >= 15 is 0 Å². The van der Waals surface area contributed by atoms with E-state index < -0.39 is 11.7 Å². The molecule has 3 aromatic heterocycles. The second-order valence-corrected chi connectivity index (χ2v) is 4.49. The van der Waals surface area contributed by atoms with Crippen molar-refractivity contribution in [2.24, 2.45) is 0 Å². The lowest BCUT2D eigenvalue weighted by Gasteiger charge is -2.11. The second kappa shape index (κ2) is 4.76. The third-order valence-electron chi connectivity index (χ3n) is 3.06. The van der Waals surface area contributed by atoms with Gasteiger partial charge in [-0.3, -0.25) is 4.98 Å². The first kappa shape index (κ1) is 13.4. The summed E-state index contributed by atoms with van der Waals surface area (Å²) in [6.45, 7) is 1.83. The summed E-state index contributed by atoms with van der Waals surface area (Å²) < 4.78 is 39.0. The fourth-order valence-corrected chi connectivity index (χ4v) is 2.04. The Morgan fingerprint density at radius 1 is 1.10 bits per heavy atom. The molecule has 21 heavy (non-hydrogen) atoms. The molecule has 7 heteroatoms. The summed E-state index contributed by atoms with van der Waals surface area (Å²) in [5, 5.41) is 8.36. The van der Waals surface area contributed by atoms with Crippen molar-refractivity contribution < 1.29 is 13.2 Å². The summed E-state index contributed by atoms with van der Waals surface area (Å²) in [6.07, 6.45) is -1.61. The van der Waals surface area contributed by atoms with Crippen LogP contribution in [0.2, 0.25) is 0 Å². The van der Waals surface area contributed by atoms with E-state index in [0.717, 1.165) is 17.0 Å². The molecule has 0 aliphatic rings. The van der Waals surface area contributed by atoms with Gasteiger partial charge in [0.05, 0.1) is 17.5 Å². The van der Waals surface area contributed by atoms with Gasteiger partial charge in [0.25, 0.3) is 0 Å². The van der Waals surface area contributed by atoms with Crippen molar-refractivity contribution in [1.82, 2.24) is 20.2 Å². The van der Waals surface area contributed by atoms with Crippen LogP contribution in [-0.2, 0) is 6.18 Å². The molecule has 0 aliphatic heterocycles. The van der Waals surface area contributed by atoms with Gasteiger partial charge in [0.15, 0.2) is 5.65 Å². The first-order valence-corrected chi connectivity index (χ1v) is 6.08. The van der Waals surface area contributed by atoms with Crippen LogP contribution in [0.15, 0.2) is 36.7 Å². The monoisotopic (exact) mass is 290 g/mol. The third-order valence-corrected chi connectivity index (χ3v) is 3.06. The van der Waals surface area contributed by atoms with Gasteiger partial charge in [0, 0.05) is 11.6 Å². The number of hydrogen-bond acceptors (Lipinski definition) is 4. The molecule has 0 aliphatic carbocycles. The molecule has 0 radical (unpaired) electrons. The highest BCUT2D eigenvalue weighted by Gasteiger charge is 2.34. The highest BCUT2D eigenvalue weighted by atomic mass is 19.4. The van der Waals surface area contributed by atoms with Crippen LogP contribution in [-0.4, -0.2) is 20.2 Å². The number of alkyl halides is 3. The fraction of sp³-hybridized carbons (Fsp3) is 0.143. The molecule has 0 aromatic carbocycles. The Hall–Kier alpha value is -2.57. The molecular weight excluding hydrogens is 281 g/mol. The zero-order valence-corrected chi connectivity index (χ0v) is 10.9. The van der Waals surface area contributed by atoms with Crippen LogP contribution < -0.4 is 0 Å². The maximum Gasteiger partial charge on any atom is 0.418 e. The second-order valence-electron chi connectivity index (χ2n) is 4.49. The van der Waals surface area contributed by atoms with Gasteiger partial charge in [-0.05, 0) is 36.8 Å². The van der Waals surface area contributed by atoms with E-state index in [1.165, 1.54) is 18.3 Å². The lowest BCUT2D eigenvalue weighted by Crippen LogP contribution is -2.08. The van der Waals surface area contributed by atoms with Crippen LogP contribution in [0.4, 0.5) is 13.2 Å². The van der Waals surface area contributed by atoms with Crippen molar-refractivity contribution in [1.29, 1.82) is 0 Å². The van der Waals surface area contributed by atoms with E-state index in [2.05, 4.69) is 20.2 Å². The molecule has 106 valence electrons. The van der Waals surface area contributed by atoms with Crippen LogP contribution in [0.1, 0.15) is 11.1 Å². The summed E-state index contributed by atoms with van der Waals surface area (Å²) in [7, 11) is 0. The van der Waals surface area contributed by atoms with E-state index in [9.17, 15) is 13.2 Å². The highest BCUT2D eigenvalue weighted by molar-refractivity contribution is 5.80. The molecule has 3 heterocycles. The average Bonchev–Trinajstić information content (AvgIpc) is 2.46. The summed E-state index contributed by atoms with van der Waals surface area (Å²) in [6, 6.07) is 5.42. The largest absolute Gasteiger partial charge is 0.418 e. The molecule has 0 saturated carbocycles. The van der Waals surface area contributed by atoms with Crippen molar-refractivity contribution in [3.8, 4) is 11.4 Å². The van der Waals surface area contributed by atoms with E-state index in [4.69, 9.17) is 0 Å². The molecule has 0 saturated heterocycles. The number of aromatic nitrogens is 4. The lowest BCUT2D eigenvalue weighted by molar-refractivity contribution is -0.137. The molecule has 0 fully saturated rings. The summed E-state index contributed by atoms with van der Waals surface area (Å²) in [5.41, 5.74) is 0.241. The Bertz CT molecular complexity index is 815. The summed E-state index contributed by atoms with van der Waals surface area (Å²) >= 11 is 0. The zero-order chi connectivity index (χ0) is 15.0. The molecule has 3 rings (SSSR count). The van der Waals surface area contributed by atoms with Gasteiger partial charge in [0.2, 0.25) is 0 Å². The highest BCUT2D eigenvalue weighted by Crippen LogP contribution is 2.35. The number of rotatable bonds is 1. The predicted molar refractivity (Wildman–Crippen MR) is 70.3 cm³/mol. The molecule has 0 spiro atoms. The number of pyridine rings is 2. The number of nitrogens with zero attached hydrogens (tertiary/aromatic N) is 4. The Labute approximate surface area is 117 Å². The zero-order valence-electron chi connectivity index (χ0n) is 10.9.